The zero-order chi connectivity index (χ0) is 30.8. The first-order chi connectivity index (χ1) is 22.5. The van der Waals surface area contributed by atoms with Crippen LogP contribution < -0.4 is 21.7 Å². The molecule has 4 aromatic heterocycles. The third-order valence-electron chi connectivity index (χ3n) is 9.56. The predicted octanol–water partition coefficient (Wildman–Crippen LogP) is 7.09. The highest BCUT2D eigenvalue weighted by Gasteiger charge is 2.20. The van der Waals surface area contributed by atoms with Gasteiger partial charge in [-0.05, 0) is 83.9 Å². The standard InChI is InChI=1S/C40H20N2O4/c43-37-23-8-1-4-13-31(23)42-34-17-16-21(18-28(34)40(46)27-12-7-11-26(37)35(27)42)22-19-29-36-30(20-22)39(45)25-10-3-6-15-33(25)41(36)32-14-5-2-9-24(32)38(29)44/h1-20H. The van der Waals surface area contributed by atoms with Gasteiger partial charge in [0.1, 0.15) is 0 Å². The monoisotopic (exact) mass is 592 g/mol. The van der Waals surface area contributed by atoms with Crippen molar-refractivity contribution in [1.82, 2.24) is 8.80 Å². The highest BCUT2D eigenvalue weighted by Crippen LogP contribution is 2.33. The molecule has 10 rings (SSSR count). The molecule has 10 aromatic rings. The smallest absolute Gasteiger partial charge is 0.197 e. The summed E-state index contributed by atoms with van der Waals surface area (Å²) in [5.41, 5.74) is 4.85. The van der Waals surface area contributed by atoms with E-state index >= 15 is 0 Å². The molecule has 0 aliphatic rings. The molecule has 0 saturated heterocycles. The maximum absolute atomic E-state index is 14.1. The van der Waals surface area contributed by atoms with E-state index in [2.05, 4.69) is 0 Å². The van der Waals surface area contributed by atoms with E-state index in [4.69, 9.17) is 0 Å². The Bertz CT molecular complexity index is 3130. The summed E-state index contributed by atoms with van der Waals surface area (Å²) in [6.07, 6.45) is 0. The van der Waals surface area contributed by atoms with E-state index in [0.29, 0.717) is 70.8 Å². The van der Waals surface area contributed by atoms with Crippen molar-refractivity contribution in [2.24, 2.45) is 0 Å². The summed E-state index contributed by atoms with van der Waals surface area (Å²) in [5, 5.41) is 4.02. The molecule has 4 heterocycles. The van der Waals surface area contributed by atoms with E-state index in [0.717, 1.165) is 16.6 Å². The molecule has 0 saturated carbocycles. The van der Waals surface area contributed by atoms with Crippen molar-refractivity contribution in [3.05, 3.63) is 162 Å². The average Bonchev–Trinajstić information content (AvgIpc) is 3.11. The van der Waals surface area contributed by atoms with Crippen LogP contribution >= 0.6 is 0 Å². The summed E-state index contributed by atoms with van der Waals surface area (Å²) in [5.74, 6) is 0. The lowest BCUT2D eigenvalue weighted by Crippen LogP contribution is -2.14. The van der Waals surface area contributed by atoms with Gasteiger partial charge in [0.25, 0.3) is 0 Å². The van der Waals surface area contributed by atoms with Crippen LogP contribution in [-0.4, -0.2) is 8.80 Å². The Morgan fingerprint density at radius 2 is 0.674 bits per heavy atom. The Morgan fingerprint density at radius 3 is 1.20 bits per heavy atom. The molecule has 0 radical (unpaired) electrons. The molecule has 6 aromatic carbocycles. The molecular formula is C40H20N2O4. The van der Waals surface area contributed by atoms with E-state index in [1.54, 1.807) is 18.2 Å². The number of fused-ring (bicyclic) bond motifs is 8. The lowest BCUT2D eigenvalue weighted by atomic mass is 9.95. The van der Waals surface area contributed by atoms with Gasteiger partial charge in [-0.15, -0.1) is 0 Å². The molecule has 0 unspecified atom stereocenters. The van der Waals surface area contributed by atoms with Crippen LogP contribution in [0.5, 0.6) is 0 Å². The maximum Gasteiger partial charge on any atom is 0.197 e. The second-order valence-corrected chi connectivity index (χ2v) is 11.9. The largest absolute Gasteiger partial charge is 0.308 e. The molecule has 0 spiro atoms. The Balaban J connectivity index is 1.37. The first-order valence-corrected chi connectivity index (χ1v) is 15.0. The second-order valence-electron chi connectivity index (χ2n) is 11.9. The van der Waals surface area contributed by atoms with Gasteiger partial charge in [0.05, 0.1) is 33.1 Å². The van der Waals surface area contributed by atoms with Crippen LogP contribution in [0.25, 0.3) is 87.3 Å². The summed E-state index contributed by atoms with van der Waals surface area (Å²) in [6, 6.07) is 36.9. The van der Waals surface area contributed by atoms with Gasteiger partial charge in [-0.2, -0.15) is 0 Å². The van der Waals surface area contributed by atoms with Crippen LogP contribution in [0.3, 0.4) is 0 Å². The summed E-state index contributed by atoms with van der Waals surface area (Å²) >= 11 is 0. The number of rotatable bonds is 1. The minimum Gasteiger partial charge on any atom is -0.308 e. The number of hydrogen-bond acceptors (Lipinski definition) is 4. The molecular weight excluding hydrogens is 572 g/mol. The lowest BCUT2D eigenvalue weighted by molar-refractivity contribution is 1.30. The fourth-order valence-corrected chi connectivity index (χ4v) is 7.54. The number of para-hydroxylation sites is 4. The van der Waals surface area contributed by atoms with Crippen molar-refractivity contribution in [3.63, 3.8) is 0 Å². The van der Waals surface area contributed by atoms with Gasteiger partial charge in [-0.3, -0.25) is 19.2 Å². The van der Waals surface area contributed by atoms with Gasteiger partial charge in [0.15, 0.2) is 21.7 Å². The number of pyridine rings is 4. The van der Waals surface area contributed by atoms with Gasteiger partial charge in [0, 0.05) is 43.1 Å². The van der Waals surface area contributed by atoms with Gasteiger partial charge in [0.2, 0.25) is 0 Å². The Labute approximate surface area is 257 Å². The van der Waals surface area contributed by atoms with Crippen molar-refractivity contribution in [3.8, 4) is 11.1 Å². The average molecular weight is 593 g/mol. The van der Waals surface area contributed by atoms with Crippen LogP contribution in [0.1, 0.15) is 0 Å². The SMILES string of the molecule is O=c1c2ccccc2n2c3ccc(-c4cc5c(=O)c6ccccc6n6c7ccccc7c(=O)c(c4)c56)cc3c(=O)c3cccc1c32. The molecule has 0 aliphatic carbocycles. The van der Waals surface area contributed by atoms with Crippen molar-refractivity contribution >= 4 is 76.2 Å². The molecule has 0 amide bonds. The molecule has 214 valence electrons. The quantitative estimate of drug-likeness (QED) is 0.151. The summed E-state index contributed by atoms with van der Waals surface area (Å²) in [6.45, 7) is 0. The van der Waals surface area contributed by atoms with E-state index < -0.39 is 0 Å². The van der Waals surface area contributed by atoms with E-state index in [1.165, 1.54) is 0 Å². The van der Waals surface area contributed by atoms with Crippen molar-refractivity contribution < 1.29 is 0 Å². The van der Waals surface area contributed by atoms with E-state index in [9.17, 15) is 19.2 Å². The highest BCUT2D eigenvalue weighted by atomic mass is 16.1. The van der Waals surface area contributed by atoms with Crippen LogP contribution in [0.15, 0.2) is 141 Å². The van der Waals surface area contributed by atoms with Crippen LogP contribution in [0, 0.1) is 0 Å². The number of benzene rings is 6. The fraction of sp³-hybridized carbons (Fsp3) is 0. The summed E-state index contributed by atoms with van der Waals surface area (Å²) < 4.78 is 4.01. The molecule has 6 nitrogen and oxygen atoms in total. The maximum atomic E-state index is 14.1. The third-order valence-corrected chi connectivity index (χ3v) is 9.56. The van der Waals surface area contributed by atoms with E-state index in [-0.39, 0.29) is 21.7 Å². The summed E-state index contributed by atoms with van der Waals surface area (Å²) in [4.78, 5) is 55.5. The number of hydrogen-bond donors (Lipinski definition) is 0. The number of aromatic nitrogens is 2. The van der Waals surface area contributed by atoms with Gasteiger partial charge in [-0.1, -0.05) is 48.5 Å². The molecule has 0 fully saturated rings. The summed E-state index contributed by atoms with van der Waals surface area (Å²) in [7, 11) is 0. The van der Waals surface area contributed by atoms with Gasteiger partial charge < -0.3 is 8.80 Å². The Morgan fingerprint density at radius 1 is 0.304 bits per heavy atom. The number of nitrogens with zero attached hydrogens (tertiary/aromatic N) is 2. The minimum absolute atomic E-state index is 0.105. The van der Waals surface area contributed by atoms with Crippen molar-refractivity contribution in [2.75, 3.05) is 0 Å². The van der Waals surface area contributed by atoms with Crippen molar-refractivity contribution in [1.29, 1.82) is 0 Å². The Hall–Kier alpha value is -6.40. The molecule has 0 bridgehead atoms. The highest BCUT2D eigenvalue weighted by molar-refractivity contribution is 6.11. The Kier molecular flexibility index (Phi) is 4.68. The molecule has 0 atom stereocenters. The van der Waals surface area contributed by atoms with Gasteiger partial charge in [-0.25, -0.2) is 0 Å². The second kappa shape index (κ2) is 8.61. The lowest BCUT2D eigenvalue weighted by Gasteiger charge is -2.16. The minimum atomic E-state index is -0.183. The first kappa shape index (κ1) is 25.0. The molecule has 46 heavy (non-hydrogen) atoms. The predicted molar refractivity (Wildman–Crippen MR) is 186 cm³/mol. The zero-order valence-corrected chi connectivity index (χ0v) is 24.1. The van der Waals surface area contributed by atoms with Crippen LogP contribution in [0.2, 0.25) is 0 Å². The van der Waals surface area contributed by atoms with Crippen LogP contribution in [0.4, 0.5) is 0 Å². The third kappa shape index (κ3) is 3.00. The normalized spacial score (nSPS) is 12.3. The van der Waals surface area contributed by atoms with Crippen molar-refractivity contribution in [2.45, 2.75) is 0 Å². The molecule has 6 heteroatoms. The first-order valence-electron chi connectivity index (χ1n) is 15.0. The topological polar surface area (TPSA) is 77.1 Å². The molecule has 0 aliphatic heterocycles. The van der Waals surface area contributed by atoms with Gasteiger partial charge >= 0.3 is 0 Å². The zero-order valence-electron chi connectivity index (χ0n) is 24.1. The van der Waals surface area contributed by atoms with Crippen LogP contribution in [-0.2, 0) is 0 Å². The van der Waals surface area contributed by atoms with E-state index in [1.807, 2.05) is 112 Å². The fourth-order valence-electron chi connectivity index (χ4n) is 7.54. The molecule has 0 N–H and O–H groups in total.